The van der Waals surface area contributed by atoms with Gasteiger partial charge >= 0.3 is 0 Å². The molecular weight excluding hydrogens is 312 g/mol. The maximum Gasteiger partial charge on any atom is 0.220 e. The minimum atomic E-state index is -0.186. The van der Waals surface area contributed by atoms with E-state index in [2.05, 4.69) is 41.1 Å². The van der Waals surface area contributed by atoms with Crippen molar-refractivity contribution < 1.29 is 9.63 Å². The highest BCUT2D eigenvalue weighted by atomic mass is 16.7. The lowest BCUT2D eigenvalue weighted by atomic mass is 9.99. The Morgan fingerprint density at radius 3 is 2.36 bits per heavy atom. The first-order valence-corrected chi connectivity index (χ1v) is 8.74. The Balaban J connectivity index is 1.70. The van der Waals surface area contributed by atoms with E-state index in [0.29, 0.717) is 6.42 Å². The topological polar surface area (TPSA) is 50.4 Å². The fraction of sp³-hybridized carbons (Fsp3) is 0.286. The van der Waals surface area contributed by atoms with Crippen molar-refractivity contribution in [1.29, 1.82) is 0 Å². The summed E-state index contributed by atoms with van der Waals surface area (Å²) in [6.45, 7) is 1.86. The Labute approximate surface area is 148 Å². The van der Waals surface area contributed by atoms with Gasteiger partial charge in [-0.2, -0.15) is 0 Å². The average molecular weight is 336 g/mol. The number of hydrogen-bond acceptors (Lipinski definition) is 3. The number of benzene rings is 2. The Kier molecular flexibility index (Phi) is 5.86. The van der Waals surface area contributed by atoms with E-state index in [1.807, 2.05) is 43.3 Å². The first-order chi connectivity index (χ1) is 12.2. The van der Waals surface area contributed by atoms with E-state index in [9.17, 15) is 4.79 Å². The molecule has 130 valence electrons. The molecule has 4 heteroatoms. The van der Waals surface area contributed by atoms with Crippen LogP contribution in [0, 0.1) is 0 Å². The molecule has 0 radical (unpaired) electrons. The zero-order valence-corrected chi connectivity index (χ0v) is 14.4. The highest BCUT2D eigenvalue weighted by Gasteiger charge is 2.27. The second-order valence-electron chi connectivity index (χ2n) is 6.26. The van der Waals surface area contributed by atoms with Crippen LogP contribution in [0.15, 0.2) is 72.4 Å². The summed E-state index contributed by atoms with van der Waals surface area (Å²) >= 11 is 0. The molecule has 2 N–H and O–H groups in total. The normalized spacial score (nSPS) is 17.5. The van der Waals surface area contributed by atoms with Crippen LogP contribution in [-0.4, -0.2) is 18.1 Å². The lowest BCUT2D eigenvalue weighted by Gasteiger charge is -2.22. The number of allylic oxidation sites excluding steroid dienone is 1. The predicted octanol–water partition coefficient (Wildman–Crippen LogP) is 3.15. The van der Waals surface area contributed by atoms with Crippen LogP contribution >= 0.6 is 0 Å². The van der Waals surface area contributed by atoms with Gasteiger partial charge in [0.1, 0.15) is 6.10 Å². The van der Waals surface area contributed by atoms with E-state index in [0.717, 1.165) is 18.5 Å². The number of amides is 1. The van der Waals surface area contributed by atoms with Crippen molar-refractivity contribution in [1.82, 2.24) is 10.8 Å². The first-order valence-electron chi connectivity index (χ1n) is 8.74. The van der Waals surface area contributed by atoms with Crippen LogP contribution in [0.4, 0.5) is 0 Å². The highest BCUT2D eigenvalue weighted by Crippen LogP contribution is 2.18. The molecule has 1 heterocycles. The summed E-state index contributed by atoms with van der Waals surface area (Å²) in [6, 6.07) is 20.3. The van der Waals surface area contributed by atoms with Crippen LogP contribution in [0.3, 0.4) is 0 Å². The van der Waals surface area contributed by atoms with Gasteiger partial charge in [0, 0.05) is 18.5 Å². The molecule has 0 fully saturated rings. The molecule has 2 aromatic rings. The fourth-order valence-corrected chi connectivity index (χ4v) is 2.95. The van der Waals surface area contributed by atoms with Gasteiger partial charge in [0.2, 0.25) is 5.91 Å². The van der Waals surface area contributed by atoms with E-state index in [4.69, 9.17) is 4.84 Å². The molecule has 0 saturated carbocycles. The summed E-state index contributed by atoms with van der Waals surface area (Å²) in [4.78, 5) is 17.7. The van der Waals surface area contributed by atoms with Gasteiger partial charge in [-0.1, -0.05) is 67.6 Å². The second kappa shape index (κ2) is 8.49. The molecule has 2 aromatic carbocycles. The Bertz CT molecular complexity index is 713. The van der Waals surface area contributed by atoms with Gasteiger partial charge in [0.25, 0.3) is 0 Å². The Morgan fingerprint density at radius 2 is 1.72 bits per heavy atom. The van der Waals surface area contributed by atoms with Gasteiger partial charge in [-0.25, -0.2) is 0 Å². The molecule has 2 unspecified atom stereocenters. The Morgan fingerprint density at radius 1 is 1.08 bits per heavy atom. The quantitative estimate of drug-likeness (QED) is 0.817. The molecule has 1 amide bonds. The van der Waals surface area contributed by atoms with Crippen LogP contribution in [-0.2, 0) is 22.5 Å². The van der Waals surface area contributed by atoms with Crippen LogP contribution in [0.2, 0.25) is 0 Å². The highest BCUT2D eigenvalue weighted by molar-refractivity contribution is 5.76. The van der Waals surface area contributed by atoms with Gasteiger partial charge in [-0.15, -0.1) is 0 Å². The molecule has 0 saturated heterocycles. The number of rotatable bonds is 7. The molecule has 1 aliphatic rings. The van der Waals surface area contributed by atoms with Crippen LogP contribution in [0.1, 0.15) is 24.5 Å². The summed E-state index contributed by atoms with van der Waals surface area (Å²) in [6.07, 6.45) is 3.88. The Hall–Kier alpha value is -2.59. The maximum atomic E-state index is 11.9. The van der Waals surface area contributed by atoms with Crippen LogP contribution in [0.25, 0.3) is 0 Å². The molecule has 0 aliphatic carbocycles. The van der Waals surface area contributed by atoms with E-state index in [1.54, 1.807) is 0 Å². The summed E-state index contributed by atoms with van der Waals surface area (Å²) in [5.41, 5.74) is 6.45. The van der Waals surface area contributed by atoms with Crippen molar-refractivity contribution in [2.24, 2.45) is 0 Å². The van der Waals surface area contributed by atoms with E-state index in [-0.39, 0.29) is 18.1 Å². The SMILES string of the molecule is CCC(=O)NC(Cc1ccccc1)C1C=C(Cc2ccccc2)NO1. The zero-order chi connectivity index (χ0) is 17.5. The van der Waals surface area contributed by atoms with Crippen LogP contribution in [0.5, 0.6) is 0 Å². The lowest BCUT2D eigenvalue weighted by molar-refractivity contribution is -0.122. The van der Waals surface area contributed by atoms with Gasteiger partial charge in [-0.05, 0) is 23.6 Å². The number of hydrogen-bond donors (Lipinski definition) is 2. The molecule has 3 rings (SSSR count). The monoisotopic (exact) mass is 336 g/mol. The van der Waals surface area contributed by atoms with Crippen molar-refractivity contribution in [3.8, 4) is 0 Å². The number of carbonyl (C=O) groups excluding carboxylic acids is 1. The average Bonchev–Trinajstić information content (AvgIpc) is 3.11. The van der Waals surface area contributed by atoms with E-state index < -0.39 is 0 Å². The summed E-state index contributed by atoms with van der Waals surface area (Å²) in [7, 11) is 0. The smallest absolute Gasteiger partial charge is 0.220 e. The van der Waals surface area contributed by atoms with Crippen LogP contribution < -0.4 is 10.8 Å². The fourth-order valence-electron chi connectivity index (χ4n) is 2.95. The van der Waals surface area contributed by atoms with E-state index >= 15 is 0 Å². The summed E-state index contributed by atoms with van der Waals surface area (Å²) in [5, 5.41) is 3.09. The molecule has 4 nitrogen and oxygen atoms in total. The maximum absolute atomic E-state index is 11.9. The molecular formula is C21H24N2O2. The number of carbonyl (C=O) groups is 1. The van der Waals surface area contributed by atoms with Gasteiger partial charge < -0.3 is 5.32 Å². The lowest BCUT2D eigenvalue weighted by Crippen LogP contribution is -2.44. The third-order valence-corrected chi connectivity index (χ3v) is 4.29. The second-order valence-corrected chi connectivity index (χ2v) is 6.26. The minimum Gasteiger partial charge on any atom is -0.350 e. The molecule has 0 bridgehead atoms. The largest absolute Gasteiger partial charge is 0.350 e. The standard InChI is InChI=1S/C21H24N2O2/c1-2-21(24)22-19(14-17-11-7-4-8-12-17)20-15-18(23-25-20)13-16-9-5-3-6-10-16/h3-12,15,19-20,23H,2,13-14H2,1H3,(H,22,24). The molecule has 0 spiro atoms. The van der Waals surface area contributed by atoms with Crippen molar-refractivity contribution in [2.75, 3.05) is 0 Å². The molecule has 0 aromatic heterocycles. The summed E-state index contributed by atoms with van der Waals surface area (Å²) < 4.78 is 0. The predicted molar refractivity (Wildman–Crippen MR) is 98.6 cm³/mol. The van der Waals surface area contributed by atoms with Crippen molar-refractivity contribution in [3.63, 3.8) is 0 Å². The van der Waals surface area contributed by atoms with Crippen molar-refractivity contribution in [2.45, 2.75) is 38.3 Å². The molecule has 1 aliphatic heterocycles. The summed E-state index contributed by atoms with van der Waals surface area (Å²) in [5.74, 6) is 0.0365. The first kappa shape index (κ1) is 17.2. The van der Waals surface area contributed by atoms with Gasteiger partial charge in [0.15, 0.2) is 0 Å². The van der Waals surface area contributed by atoms with Crippen molar-refractivity contribution in [3.05, 3.63) is 83.6 Å². The third kappa shape index (κ3) is 4.94. The zero-order valence-electron chi connectivity index (χ0n) is 14.4. The third-order valence-electron chi connectivity index (χ3n) is 4.29. The van der Waals surface area contributed by atoms with Gasteiger partial charge in [0.05, 0.1) is 6.04 Å². The number of nitrogens with one attached hydrogen (secondary N) is 2. The molecule has 2 atom stereocenters. The molecule has 25 heavy (non-hydrogen) atoms. The van der Waals surface area contributed by atoms with Crippen molar-refractivity contribution >= 4 is 5.91 Å². The minimum absolute atomic E-state index is 0.0365. The van der Waals surface area contributed by atoms with Gasteiger partial charge in [-0.3, -0.25) is 15.1 Å². The number of hydroxylamine groups is 1. The van der Waals surface area contributed by atoms with E-state index in [1.165, 1.54) is 11.1 Å².